The first-order valence-electron chi connectivity index (χ1n) is 5.88. The third-order valence-electron chi connectivity index (χ3n) is 2.55. The number of carbonyl (C=O) groups excluding carboxylic acids is 1. The molecule has 1 rings (SSSR count). The summed E-state index contributed by atoms with van der Waals surface area (Å²) in [6.45, 7) is 4.17. The van der Waals surface area contributed by atoms with Crippen LogP contribution in [0.5, 0.6) is 0 Å². The lowest BCUT2D eigenvalue weighted by atomic mass is 10.3. The van der Waals surface area contributed by atoms with Crippen LogP contribution in [0.3, 0.4) is 0 Å². The summed E-state index contributed by atoms with van der Waals surface area (Å²) in [5.41, 5.74) is 0. The molecule has 0 bridgehead atoms. The van der Waals surface area contributed by atoms with Crippen LogP contribution < -0.4 is 5.32 Å². The Kier molecular flexibility index (Phi) is 5.65. The maximum atomic E-state index is 11.5. The van der Waals surface area contributed by atoms with E-state index >= 15 is 0 Å². The van der Waals surface area contributed by atoms with Gasteiger partial charge in [-0.1, -0.05) is 13.3 Å². The largest absolute Gasteiger partial charge is 0.395 e. The quantitative estimate of drug-likeness (QED) is 0.613. The van der Waals surface area contributed by atoms with Crippen molar-refractivity contribution in [1.82, 2.24) is 10.2 Å². The van der Waals surface area contributed by atoms with E-state index in [2.05, 4.69) is 12.2 Å². The highest BCUT2D eigenvalue weighted by Gasteiger charge is 2.23. The number of aliphatic hydroxyl groups is 1. The molecule has 0 unspecified atom stereocenters. The van der Waals surface area contributed by atoms with Crippen molar-refractivity contribution in [2.24, 2.45) is 0 Å². The third-order valence-corrected chi connectivity index (χ3v) is 2.55. The molecule has 15 heavy (non-hydrogen) atoms. The van der Waals surface area contributed by atoms with Crippen LogP contribution in [-0.2, 0) is 4.79 Å². The number of hydrogen-bond donors (Lipinski definition) is 2. The molecular weight excluding hydrogens is 192 g/mol. The van der Waals surface area contributed by atoms with Crippen molar-refractivity contribution in [2.75, 3.05) is 26.2 Å². The van der Waals surface area contributed by atoms with Gasteiger partial charge in [0.2, 0.25) is 5.91 Å². The first-order chi connectivity index (χ1) is 7.26. The van der Waals surface area contributed by atoms with E-state index in [4.69, 9.17) is 5.11 Å². The minimum Gasteiger partial charge on any atom is -0.395 e. The molecule has 0 spiro atoms. The Hall–Kier alpha value is -0.610. The van der Waals surface area contributed by atoms with E-state index in [0.717, 1.165) is 32.2 Å². The normalized spacial score (nSPS) is 15.7. The first kappa shape index (κ1) is 12.5. The van der Waals surface area contributed by atoms with Gasteiger partial charge in [-0.25, -0.2) is 0 Å². The second-order valence-corrected chi connectivity index (χ2v) is 4.20. The van der Waals surface area contributed by atoms with Gasteiger partial charge in [-0.05, 0) is 25.8 Å². The van der Waals surface area contributed by atoms with Crippen LogP contribution in [0.15, 0.2) is 0 Å². The molecule has 0 aromatic heterocycles. The lowest BCUT2D eigenvalue weighted by Gasteiger charge is -2.20. The van der Waals surface area contributed by atoms with Crippen molar-refractivity contribution in [3.05, 3.63) is 0 Å². The van der Waals surface area contributed by atoms with E-state index in [0.29, 0.717) is 19.1 Å². The van der Waals surface area contributed by atoms with Crippen molar-refractivity contribution in [1.29, 1.82) is 0 Å². The fraction of sp³-hybridized carbons (Fsp3) is 0.909. The molecule has 0 atom stereocenters. The molecule has 4 heteroatoms. The second kappa shape index (κ2) is 6.80. The summed E-state index contributed by atoms with van der Waals surface area (Å²) in [5.74, 6) is 0.0991. The highest BCUT2D eigenvalue weighted by Crippen LogP contribution is 2.18. The minimum atomic E-state index is 0.0991. The SMILES string of the molecule is CCCCN(CCO)CC(=O)NC1CC1. The Labute approximate surface area is 91.6 Å². The number of rotatable bonds is 8. The second-order valence-electron chi connectivity index (χ2n) is 4.20. The number of nitrogens with one attached hydrogen (secondary N) is 1. The summed E-state index contributed by atoms with van der Waals surface area (Å²) in [5, 5.41) is 11.8. The van der Waals surface area contributed by atoms with Gasteiger partial charge in [0.15, 0.2) is 0 Å². The van der Waals surface area contributed by atoms with E-state index in [9.17, 15) is 4.79 Å². The minimum absolute atomic E-state index is 0.0991. The average Bonchev–Trinajstić information content (AvgIpc) is 2.98. The summed E-state index contributed by atoms with van der Waals surface area (Å²) in [4.78, 5) is 13.5. The monoisotopic (exact) mass is 214 g/mol. The molecule has 1 aliphatic rings. The van der Waals surface area contributed by atoms with Crippen molar-refractivity contribution in [3.8, 4) is 0 Å². The number of amides is 1. The smallest absolute Gasteiger partial charge is 0.234 e. The van der Waals surface area contributed by atoms with Gasteiger partial charge < -0.3 is 10.4 Å². The Morgan fingerprint density at radius 2 is 2.20 bits per heavy atom. The number of unbranched alkanes of at least 4 members (excludes halogenated alkanes) is 1. The van der Waals surface area contributed by atoms with E-state index in [1.807, 2.05) is 4.90 Å². The molecule has 1 fully saturated rings. The van der Waals surface area contributed by atoms with Gasteiger partial charge in [0.1, 0.15) is 0 Å². The Morgan fingerprint density at radius 3 is 2.73 bits per heavy atom. The van der Waals surface area contributed by atoms with E-state index in [1.54, 1.807) is 0 Å². The van der Waals surface area contributed by atoms with Crippen LogP contribution in [0.2, 0.25) is 0 Å². The maximum Gasteiger partial charge on any atom is 0.234 e. The van der Waals surface area contributed by atoms with Gasteiger partial charge in [-0.2, -0.15) is 0 Å². The fourth-order valence-corrected chi connectivity index (χ4v) is 1.50. The Bertz CT molecular complexity index is 193. The van der Waals surface area contributed by atoms with E-state index < -0.39 is 0 Å². The van der Waals surface area contributed by atoms with Crippen LogP contribution in [0.4, 0.5) is 0 Å². The molecule has 0 saturated heterocycles. The summed E-state index contributed by atoms with van der Waals surface area (Å²) in [6.07, 6.45) is 4.45. The molecule has 2 N–H and O–H groups in total. The standard InChI is InChI=1S/C11H22N2O2/c1-2-3-6-13(7-8-14)9-11(15)12-10-4-5-10/h10,14H,2-9H2,1H3,(H,12,15). The number of nitrogens with zero attached hydrogens (tertiary/aromatic N) is 1. The van der Waals surface area contributed by atoms with Crippen molar-refractivity contribution < 1.29 is 9.90 Å². The zero-order valence-corrected chi connectivity index (χ0v) is 9.54. The predicted octanol–water partition coefficient (Wildman–Crippen LogP) is 0.359. The zero-order chi connectivity index (χ0) is 11.1. The number of aliphatic hydroxyl groups excluding tert-OH is 1. The van der Waals surface area contributed by atoms with Gasteiger partial charge in [0.25, 0.3) is 0 Å². The molecule has 88 valence electrons. The lowest BCUT2D eigenvalue weighted by Crippen LogP contribution is -2.39. The van der Waals surface area contributed by atoms with Gasteiger partial charge in [-0.3, -0.25) is 9.69 Å². The Morgan fingerprint density at radius 1 is 1.47 bits per heavy atom. The molecule has 0 aromatic carbocycles. The van der Waals surface area contributed by atoms with Crippen molar-refractivity contribution in [3.63, 3.8) is 0 Å². The lowest BCUT2D eigenvalue weighted by molar-refractivity contribution is -0.122. The van der Waals surface area contributed by atoms with Crippen LogP contribution in [0.25, 0.3) is 0 Å². The van der Waals surface area contributed by atoms with Crippen LogP contribution >= 0.6 is 0 Å². The molecule has 1 amide bonds. The van der Waals surface area contributed by atoms with Crippen LogP contribution in [0.1, 0.15) is 32.6 Å². The fourth-order valence-electron chi connectivity index (χ4n) is 1.50. The zero-order valence-electron chi connectivity index (χ0n) is 9.54. The van der Waals surface area contributed by atoms with Gasteiger partial charge in [0, 0.05) is 12.6 Å². The summed E-state index contributed by atoms with van der Waals surface area (Å²) < 4.78 is 0. The highest BCUT2D eigenvalue weighted by atomic mass is 16.3. The van der Waals surface area contributed by atoms with Gasteiger partial charge >= 0.3 is 0 Å². The molecule has 0 heterocycles. The van der Waals surface area contributed by atoms with Crippen molar-refractivity contribution in [2.45, 2.75) is 38.6 Å². The van der Waals surface area contributed by atoms with Crippen LogP contribution in [-0.4, -0.2) is 48.2 Å². The molecular formula is C11H22N2O2. The third kappa shape index (κ3) is 5.74. The van der Waals surface area contributed by atoms with Gasteiger partial charge in [0.05, 0.1) is 13.2 Å². The highest BCUT2D eigenvalue weighted by molar-refractivity contribution is 5.78. The first-order valence-corrected chi connectivity index (χ1v) is 5.88. The number of hydrogen-bond acceptors (Lipinski definition) is 3. The summed E-state index contributed by atoms with van der Waals surface area (Å²) in [7, 11) is 0. The van der Waals surface area contributed by atoms with E-state index in [1.165, 1.54) is 0 Å². The molecule has 0 radical (unpaired) electrons. The molecule has 0 aliphatic heterocycles. The molecule has 1 aliphatic carbocycles. The van der Waals surface area contributed by atoms with Gasteiger partial charge in [-0.15, -0.1) is 0 Å². The van der Waals surface area contributed by atoms with Crippen molar-refractivity contribution >= 4 is 5.91 Å². The maximum absolute atomic E-state index is 11.5. The Balaban J connectivity index is 2.18. The summed E-state index contributed by atoms with van der Waals surface area (Å²) >= 11 is 0. The van der Waals surface area contributed by atoms with E-state index in [-0.39, 0.29) is 12.5 Å². The topological polar surface area (TPSA) is 52.6 Å². The average molecular weight is 214 g/mol. The molecule has 4 nitrogen and oxygen atoms in total. The number of carbonyl (C=O) groups is 1. The molecule has 0 aromatic rings. The summed E-state index contributed by atoms with van der Waals surface area (Å²) in [6, 6.07) is 0.430. The predicted molar refractivity (Wildman–Crippen MR) is 59.6 cm³/mol. The van der Waals surface area contributed by atoms with Crippen LogP contribution in [0, 0.1) is 0 Å². The molecule has 1 saturated carbocycles.